The third-order valence-corrected chi connectivity index (χ3v) is 2.49. The summed E-state index contributed by atoms with van der Waals surface area (Å²) < 4.78 is 1.00. The van der Waals surface area contributed by atoms with Crippen LogP contribution in [-0.4, -0.2) is 9.97 Å². The van der Waals surface area contributed by atoms with Crippen LogP contribution in [0.4, 0.5) is 11.6 Å². The summed E-state index contributed by atoms with van der Waals surface area (Å²) in [5.74, 6) is 0.567. The van der Waals surface area contributed by atoms with Crippen molar-refractivity contribution in [2.45, 2.75) is 0 Å². The lowest BCUT2D eigenvalue weighted by Gasteiger charge is -2.04. The lowest BCUT2D eigenvalue weighted by molar-refractivity contribution is 1.15. The second-order valence-electron chi connectivity index (χ2n) is 2.86. The average molecular weight is 332 g/mol. The van der Waals surface area contributed by atoms with Crippen LogP contribution in [0.2, 0.25) is 5.02 Å². The van der Waals surface area contributed by atoms with Crippen LogP contribution in [0.15, 0.2) is 36.7 Å². The van der Waals surface area contributed by atoms with Crippen LogP contribution in [-0.2, 0) is 0 Å². The standard InChI is InChI=1S/C10H7ClIN3/c11-7-2-1-3-9(4-7)15-10-13-5-8(12)6-14-10/h1-6H,(H,13,14,15). The van der Waals surface area contributed by atoms with Gasteiger partial charge in [-0.2, -0.15) is 0 Å². The van der Waals surface area contributed by atoms with Gasteiger partial charge in [-0.05, 0) is 40.8 Å². The van der Waals surface area contributed by atoms with Crippen LogP contribution in [0, 0.1) is 3.57 Å². The normalized spacial score (nSPS) is 10.0. The maximum atomic E-state index is 5.85. The molecule has 0 saturated heterocycles. The summed E-state index contributed by atoms with van der Waals surface area (Å²) in [7, 11) is 0. The number of nitrogens with zero attached hydrogens (tertiary/aromatic N) is 2. The Morgan fingerprint density at radius 3 is 2.60 bits per heavy atom. The monoisotopic (exact) mass is 331 g/mol. The van der Waals surface area contributed by atoms with Crippen molar-refractivity contribution in [3.63, 3.8) is 0 Å². The van der Waals surface area contributed by atoms with E-state index in [0.717, 1.165) is 9.26 Å². The molecule has 1 heterocycles. The van der Waals surface area contributed by atoms with E-state index in [-0.39, 0.29) is 0 Å². The number of nitrogens with one attached hydrogen (secondary N) is 1. The maximum Gasteiger partial charge on any atom is 0.227 e. The Balaban J connectivity index is 2.18. The van der Waals surface area contributed by atoms with E-state index in [4.69, 9.17) is 11.6 Å². The van der Waals surface area contributed by atoms with Crippen molar-refractivity contribution >= 4 is 45.8 Å². The number of hydrogen-bond donors (Lipinski definition) is 1. The van der Waals surface area contributed by atoms with Crippen molar-refractivity contribution in [1.82, 2.24) is 9.97 Å². The smallest absolute Gasteiger partial charge is 0.227 e. The number of benzene rings is 1. The zero-order valence-electron chi connectivity index (χ0n) is 7.61. The van der Waals surface area contributed by atoms with E-state index in [0.29, 0.717) is 11.0 Å². The molecule has 1 aromatic carbocycles. The molecule has 0 amide bonds. The zero-order chi connectivity index (χ0) is 10.7. The highest BCUT2D eigenvalue weighted by Gasteiger charge is 1.97. The SMILES string of the molecule is Clc1cccc(Nc2ncc(I)cn2)c1. The summed E-state index contributed by atoms with van der Waals surface area (Å²) in [6, 6.07) is 7.43. The number of anilines is 2. The van der Waals surface area contributed by atoms with Crippen LogP contribution in [0.25, 0.3) is 0 Å². The van der Waals surface area contributed by atoms with Gasteiger partial charge in [-0.1, -0.05) is 17.7 Å². The lowest BCUT2D eigenvalue weighted by Crippen LogP contribution is -1.96. The summed E-state index contributed by atoms with van der Waals surface area (Å²) in [4.78, 5) is 8.26. The summed E-state index contributed by atoms with van der Waals surface area (Å²) in [6.07, 6.45) is 3.50. The van der Waals surface area contributed by atoms with Gasteiger partial charge in [0.15, 0.2) is 0 Å². The predicted octanol–water partition coefficient (Wildman–Crippen LogP) is 3.48. The number of rotatable bonds is 2. The van der Waals surface area contributed by atoms with Crippen molar-refractivity contribution in [3.05, 3.63) is 45.3 Å². The molecule has 0 spiro atoms. The van der Waals surface area contributed by atoms with Crippen molar-refractivity contribution in [3.8, 4) is 0 Å². The first-order valence-corrected chi connectivity index (χ1v) is 5.70. The van der Waals surface area contributed by atoms with Crippen molar-refractivity contribution in [2.75, 3.05) is 5.32 Å². The molecule has 2 aromatic rings. The van der Waals surface area contributed by atoms with Gasteiger partial charge in [0, 0.05) is 26.7 Å². The summed E-state index contributed by atoms with van der Waals surface area (Å²) in [5, 5.41) is 3.75. The predicted molar refractivity (Wildman–Crippen MR) is 69.5 cm³/mol. The van der Waals surface area contributed by atoms with Crippen LogP contribution in [0.5, 0.6) is 0 Å². The van der Waals surface area contributed by atoms with E-state index < -0.39 is 0 Å². The molecule has 0 saturated carbocycles. The van der Waals surface area contributed by atoms with Gasteiger partial charge < -0.3 is 5.32 Å². The number of hydrogen-bond acceptors (Lipinski definition) is 3. The molecule has 0 bridgehead atoms. The van der Waals surface area contributed by atoms with Gasteiger partial charge in [0.05, 0.1) is 0 Å². The van der Waals surface area contributed by atoms with Crippen LogP contribution < -0.4 is 5.32 Å². The molecule has 0 radical (unpaired) electrons. The average Bonchev–Trinajstić information content (AvgIpc) is 2.22. The molecule has 15 heavy (non-hydrogen) atoms. The van der Waals surface area contributed by atoms with E-state index in [9.17, 15) is 0 Å². The van der Waals surface area contributed by atoms with Gasteiger partial charge in [-0.15, -0.1) is 0 Å². The minimum atomic E-state index is 0.567. The molecule has 0 aliphatic heterocycles. The molecule has 0 aliphatic rings. The highest BCUT2D eigenvalue weighted by molar-refractivity contribution is 14.1. The van der Waals surface area contributed by atoms with Crippen LogP contribution >= 0.6 is 34.2 Å². The van der Waals surface area contributed by atoms with Gasteiger partial charge in [-0.25, -0.2) is 9.97 Å². The molecule has 76 valence electrons. The summed E-state index contributed by atoms with van der Waals surface area (Å²) in [6.45, 7) is 0. The number of halogens is 2. The molecule has 0 atom stereocenters. The molecule has 3 nitrogen and oxygen atoms in total. The Bertz CT molecular complexity index is 458. The molecular weight excluding hydrogens is 324 g/mol. The fourth-order valence-electron chi connectivity index (χ4n) is 1.07. The molecule has 5 heteroatoms. The molecule has 0 unspecified atom stereocenters. The molecule has 0 aliphatic carbocycles. The highest BCUT2D eigenvalue weighted by Crippen LogP contribution is 2.17. The zero-order valence-corrected chi connectivity index (χ0v) is 10.5. The molecule has 1 aromatic heterocycles. The lowest BCUT2D eigenvalue weighted by atomic mass is 10.3. The third-order valence-electron chi connectivity index (χ3n) is 1.70. The van der Waals surface area contributed by atoms with E-state index in [1.807, 2.05) is 24.3 Å². The minimum absolute atomic E-state index is 0.567. The largest absolute Gasteiger partial charge is 0.324 e. The van der Waals surface area contributed by atoms with Crippen LogP contribution in [0.3, 0.4) is 0 Å². The van der Waals surface area contributed by atoms with E-state index >= 15 is 0 Å². The molecule has 2 rings (SSSR count). The maximum absolute atomic E-state index is 5.85. The highest BCUT2D eigenvalue weighted by atomic mass is 127. The fourth-order valence-corrected chi connectivity index (χ4v) is 1.54. The second-order valence-corrected chi connectivity index (χ2v) is 4.54. The van der Waals surface area contributed by atoms with Gasteiger partial charge in [0.25, 0.3) is 0 Å². The first kappa shape index (κ1) is 10.6. The second kappa shape index (κ2) is 4.76. The van der Waals surface area contributed by atoms with E-state index in [2.05, 4.69) is 37.9 Å². The molecule has 0 fully saturated rings. The Kier molecular flexibility index (Phi) is 3.37. The first-order chi connectivity index (χ1) is 7.24. The van der Waals surface area contributed by atoms with E-state index in [1.54, 1.807) is 12.4 Å². The quantitative estimate of drug-likeness (QED) is 0.856. The van der Waals surface area contributed by atoms with Crippen molar-refractivity contribution in [1.29, 1.82) is 0 Å². The minimum Gasteiger partial charge on any atom is -0.324 e. The van der Waals surface area contributed by atoms with Crippen LogP contribution in [0.1, 0.15) is 0 Å². The van der Waals surface area contributed by atoms with E-state index in [1.165, 1.54) is 0 Å². The van der Waals surface area contributed by atoms with Gasteiger partial charge in [0.1, 0.15) is 0 Å². The summed E-state index contributed by atoms with van der Waals surface area (Å²) in [5.41, 5.74) is 0.878. The topological polar surface area (TPSA) is 37.8 Å². The fraction of sp³-hybridized carbons (Fsp3) is 0. The number of aromatic nitrogens is 2. The summed E-state index contributed by atoms with van der Waals surface area (Å²) >= 11 is 8.01. The molecular formula is C10H7ClIN3. The first-order valence-electron chi connectivity index (χ1n) is 4.24. The Morgan fingerprint density at radius 1 is 1.20 bits per heavy atom. The third kappa shape index (κ3) is 3.04. The Hall–Kier alpha value is -0.880. The Morgan fingerprint density at radius 2 is 1.93 bits per heavy atom. The van der Waals surface area contributed by atoms with Crippen molar-refractivity contribution in [2.24, 2.45) is 0 Å². The van der Waals surface area contributed by atoms with Gasteiger partial charge >= 0.3 is 0 Å². The molecule has 1 N–H and O–H groups in total. The van der Waals surface area contributed by atoms with Crippen molar-refractivity contribution < 1.29 is 0 Å². The Labute approximate surface area is 106 Å². The van der Waals surface area contributed by atoms with Gasteiger partial charge in [-0.3, -0.25) is 0 Å². The van der Waals surface area contributed by atoms with Gasteiger partial charge in [0.2, 0.25) is 5.95 Å².